The zero-order valence-electron chi connectivity index (χ0n) is 15.4. The number of hydrogen-bond donors (Lipinski definition) is 3. The van der Waals surface area contributed by atoms with E-state index in [1.165, 1.54) is 24.3 Å². The van der Waals surface area contributed by atoms with E-state index in [2.05, 4.69) is 0 Å². The topological polar surface area (TPSA) is 141 Å². The van der Waals surface area contributed by atoms with Gasteiger partial charge in [-0.3, -0.25) is 10.1 Å². The van der Waals surface area contributed by atoms with Gasteiger partial charge in [0.2, 0.25) is 6.29 Å². The van der Waals surface area contributed by atoms with E-state index in [0.717, 1.165) is 0 Å². The number of para-hydroxylation sites is 1. The first-order chi connectivity index (χ1) is 14.4. The molecule has 0 bridgehead atoms. The molecular formula is C19H19NO9S. The number of nitro groups is 1. The van der Waals surface area contributed by atoms with Crippen LogP contribution in [-0.2, 0) is 9.47 Å². The van der Waals surface area contributed by atoms with Crippen LogP contribution in [0.1, 0.15) is 0 Å². The first-order valence-electron chi connectivity index (χ1n) is 8.86. The number of rotatable bonds is 6. The number of thiocarbonyl (C=S) groups is 1. The first kappa shape index (κ1) is 21.9. The number of non-ortho nitro benzene ring substituents is 1. The monoisotopic (exact) mass is 437 g/mol. The van der Waals surface area contributed by atoms with Crippen molar-refractivity contribution in [1.82, 2.24) is 0 Å². The summed E-state index contributed by atoms with van der Waals surface area (Å²) in [5.74, 6) is 0.565. The standard InChI is InChI=1S/C19H19NO9S/c21-10-14-15(22)17(16(23)18(28-14)26-12-4-2-1-3-5-12)29-19(30)27-13-8-6-11(7-9-13)20(24)25/h1-9,14-18,21-23H,10H2/t14-,15+,16-,17+,18-/m1/s1. The molecule has 2 aromatic rings. The van der Waals surface area contributed by atoms with Crippen molar-refractivity contribution in [1.29, 1.82) is 0 Å². The van der Waals surface area contributed by atoms with Crippen molar-refractivity contribution in [2.45, 2.75) is 30.7 Å². The summed E-state index contributed by atoms with van der Waals surface area (Å²) >= 11 is 5.01. The molecule has 2 aromatic carbocycles. The second-order valence-corrected chi connectivity index (χ2v) is 6.66. The third kappa shape index (κ3) is 5.20. The molecule has 0 saturated carbocycles. The third-order valence-corrected chi connectivity index (χ3v) is 4.48. The van der Waals surface area contributed by atoms with Crippen LogP contribution in [0.5, 0.6) is 11.5 Å². The van der Waals surface area contributed by atoms with Crippen molar-refractivity contribution in [3.63, 3.8) is 0 Å². The molecule has 0 spiro atoms. The summed E-state index contributed by atoms with van der Waals surface area (Å²) in [7, 11) is 0. The number of benzene rings is 2. The predicted molar refractivity (Wildman–Crippen MR) is 106 cm³/mol. The van der Waals surface area contributed by atoms with Crippen LogP contribution in [0.4, 0.5) is 5.69 Å². The van der Waals surface area contributed by atoms with E-state index in [1.54, 1.807) is 30.3 Å². The molecule has 3 N–H and O–H groups in total. The lowest BCUT2D eigenvalue weighted by atomic mass is 9.99. The van der Waals surface area contributed by atoms with Crippen molar-refractivity contribution in [2.24, 2.45) is 0 Å². The second kappa shape index (κ2) is 9.78. The Morgan fingerprint density at radius 1 is 1.07 bits per heavy atom. The van der Waals surface area contributed by atoms with Gasteiger partial charge in [0.1, 0.15) is 23.7 Å². The van der Waals surface area contributed by atoms with Gasteiger partial charge in [-0.15, -0.1) is 0 Å². The van der Waals surface area contributed by atoms with E-state index < -0.39 is 47.5 Å². The molecule has 3 rings (SSSR count). The lowest BCUT2D eigenvalue weighted by Crippen LogP contribution is -2.61. The Balaban J connectivity index is 1.68. The minimum atomic E-state index is -1.47. The van der Waals surface area contributed by atoms with Crippen LogP contribution in [0.3, 0.4) is 0 Å². The van der Waals surface area contributed by atoms with Gasteiger partial charge < -0.3 is 34.3 Å². The quantitative estimate of drug-likeness (QED) is 0.342. The molecule has 0 radical (unpaired) electrons. The molecule has 160 valence electrons. The van der Waals surface area contributed by atoms with E-state index in [9.17, 15) is 25.4 Å². The molecule has 30 heavy (non-hydrogen) atoms. The Labute approximate surface area is 176 Å². The highest BCUT2D eigenvalue weighted by Gasteiger charge is 2.47. The molecule has 11 heteroatoms. The summed E-state index contributed by atoms with van der Waals surface area (Å²) in [5.41, 5.74) is -0.129. The van der Waals surface area contributed by atoms with Crippen LogP contribution in [-0.4, -0.2) is 62.8 Å². The van der Waals surface area contributed by atoms with E-state index in [-0.39, 0.29) is 11.4 Å². The maximum Gasteiger partial charge on any atom is 0.358 e. The zero-order chi connectivity index (χ0) is 21.7. The number of aliphatic hydroxyl groups excluding tert-OH is 3. The summed E-state index contributed by atoms with van der Waals surface area (Å²) in [6.45, 7) is -0.557. The van der Waals surface area contributed by atoms with E-state index >= 15 is 0 Å². The van der Waals surface area contributed by atoms with Gasteiger partial charge in [0.15, 0.2) is 12.2 Å². The largest absolute Gasteiger partial charge is 0.462 e. The van der Waals surface area contributed by atoms with Gasteiger partial charge in [0.05, 0.1) is 11.5 Å². The molecule has 1 aliphatic heterocycles. The maximum atomic E-state index is 10.7. The van der Waals surface area contributed by atoms with Crippen molar-refractivity contribution in [3.8, 4) is 11.5 Å². The minimum Gasteiger partial charge on any atom is -0.462 e. The smallest absolute Gasteiger partial charge is 0.358 e. The Hall–Kier alpha value is -2.83. The van der Waals surface area contributed by atoms with E-state index in [0.29, 0.717) is 5.75 Å². The maximum absolute atomic E-state index is 10.7. The number of aliphatic hydroxyl groups is 3. The first-order valence-corrected chi connectivity index (χ1v) is 9.27. The van der Waals surface area contributed by atoms with Gasteiger partial charge in [-0.1, -0.05) is 18.2 Å². The Morgan fingerprint density at radius 2 is 1.73 bits per heavy atom. The highest BCUT2D eigenvalue weighted by molar-refractivity contribution is 7.79. The predicted octanol–water partition coefficient (Wildman–Crippen LogP) is 1.16. The normalized spacial score (nSPS) is 25.9. The lowest BCUT2D eigenvalue weighted by Gasteiger charge is -2.41. The molecule has 1 fully saturated rings. The molecule has 1 saturated heterocycles. The van der Waals surface area contributed by atoms with E-state index in [1.807, 2.05) is 0 Å². The van der Waals surface area contributed by atoms with Gasteiger partial charge in [0, 0.05) is 24.4 Å². The van der Waals surface area contributed by atoms with Gasteiger partial charge >= 0.3 is 5.24 Å². The molecule has 1 aliphatic rings. The molecule has 10 nitrogen and oxygen atoms in total. The van der Waals surface area contributed by atoms with Crippen molar-refractivity contribution in [2.75, 3.05) is 6.61 Å². The van der Waals surface area contributed by atoms with Crippen LogP contribution < -0.4 is 9.47 Å². The molecule has 0 unspecified atom stereocenters. The molecule has 0 amide bonds. The molecular weight excluding hydrogens is 418 g/mol. The zero-order valence-corrected chi connectivity index (χ0v) is 16.3. The number of nitrogens with zero attached hydrogens (tertiary/aromatic N) is 1. The van der Waals surface area contributed by atoms with Gasteiger partial charge in [-0.2, -0.15) is 0 Å². The van der Waals surface area contributed by atoms with Crippen molar-refractivity contribution < 1.29 is 39.2 Å². The Bertz CT molecular complexity index is 864. The molecule has 0 aromatic heterocycles. The average Bonchev–Trinajstić information content (AvgIpc) is 2.74. The van der Waals surface area contributed by atoms with Gasteiger partial charge in [-0.25, -0.2) is 0 Å². The minimum absolute atomic E-state index is 0.129. The van der Waals surface area contributed by atoms with Crippen LogP contribution >= 0.6 is 12.2 Å². The second-order valence-electron chi connectivity index (χ2n) is 6.32. The fourth-order valence-electron chi connectivity index (χ4n) is 2.79. The molecule has 1 heterocycles. The fraction of sp³-hybridized carbons (Fsp3) is 0.316. The van der Waals surface area contributed by atoms with Crippen LogP contribution in [0.2, 0.25) is 0 Å². The Kier molecular flexibility index (Phi) is 7.13. The lowest BCUT2D eigenvalue weighted by molar-refractivity contribution is -0.384. The number of nitro benzene ring substituents is 1. The van der Waals surface area contributed by atoms with Gasteiger partial charge in [-0.05, 0) is 24.3 Å². The molecule has 5 atom stereocenters. The summed E-state index contributed by atoms with van der Waals surface area (Å²) in [6, 6.07) is 13.6. The van der Waals surface area contributed by atoms with Gasteiger partial charge in [0.25, 0.3) is 5.69 Å². The molecule has 0 aliphatic carbocycles. The summed E-state index contributed by atoms with van der Waals surface area (Å²) in [5, 5.41) is 40.7. The third-order valence-electron chi connectivity index (χ3n) is 4.30. The Morgan fingerprint density at radius 3 is 2.33 bits per heavy atom. The van der Waals surface area contributed by atoms with E-state index in [4.69, 9.17) is 31.2 Å². The summed E-state index contributed by atoms with van der Waals surface area (Å²) in [4.78, 5) is 10.1. The van der Waals surface area contributed by atoms with Crippen LogP contribution in [0, 0.1) is 10.1 Å². The van der Waals surface area contributed by atoms with Crippen LogP contribution in [0.15, 0.2) is 54.6 Å². The summed E-state index contributed by atoms with van der Waals surface area (Å²) in [6.07, 6.45) is -6.58. The highest BCUT2D eigenvalue weighted by atomic mass is 32.1. The van der Waals surface area contributed by atoms with Crippen LogP contribution in [0.25, 0.3) is 0 Å². The average molecular weight is 437 g/mol. The summed E-state index contributed by atoms with van der Waals surface area (Å²) < 4.78 is 21.7. The number of ether oxygens (including phenoxy) is 4. The fourth-order valence-corrected chi connectivity index (χ4v) is 3.00. The SMILES string of the molecule is O=[N+]([O-])c1ccc(OC(=S)O[C@H]2[C@@H](O)[C@@H](CO)O[C@@H](Oc3ccccc3)[C@@H]2O)cc1. The number of hydrogen-bond acceptors (Lipinski definition) is 10. The highest BCUT2D eigenvalue weighted by Crippen LogP contribution is 2.27. The van der Waals surface area contributed by atoms with Crippen molar-refractivity contribution >= 4 is 23.1 Å². The van der Waals surface area contributed by atoms with Crippen molar-refractivity contribution in [3.05, 3.63) is 64.7 Å².